The number of aromatic nitrogens is 4. The second kappa shape index (κ2) is 9.81. The summed E-state index contributed by atoms with van der Waals surface area (Å²) in [7, 11) is 0. The summed E-state index contributed by atoms with van der Waals surface area (Å²) >= 11 is 7.36. The van der Waals surface area contributed by atoms with Crippen molar-refractivity contribution in [2.45, 2.75) is 42.6 Å². The van der Waals surface area contributed by atoms with Crippen molar-refractivity contribution in [2.24, 2.45) is 0 Å². The van der Waals surface area contributed by atoms with E-state index in [1.165, 1.54) is 11.8 Å². The summed E-state index contributed by atoms with van der Waals surface area (Å²) in [4.78, 5) is 13.4. The Hall–Kier alpha value is -3.09. The van der Waals surface area contributed by atoms with E-state index in [4.69, 9.17) is 16.3 Å². The van der Waals surface area contributed by atoms with E-state index in [0.29, 0.717) is 23.7 Å². The van der Waals surface area contributed by atoms with Crippen LogP contribution in [0.15, 0.2) is 52.6 Å². The summed E-state index contributed by atoms with van der Waals surface area (Å²) in [6.45, 7) is 5.88. The minimum atomic E-state index is -0.535. The highest BCUT2D eigenvalue weighted by atomic mass is 35.5. The summed E-state index contributed by atoms with van der Waals surface area (Å²) < 4.78 is 6.97. The SMILES string of the molecule is CC(C)(C)OC(=O)NCCc1cnn(-c2ccc(C#N)cc2Sc2cnnc(Cl)c2)c1. The van der Waals surface area contributed by atoms with Crippen LogP contribution in [0, 0.1) is 11.3 Å². The predicted molar refractivity (Wildman–Crippen MR) is 117 cm³/mol. The molecule has 2 heterocycles. The predicted octanol–water partition coefficient (Wildman–Crippen LogP) is 4.41. The van der Waals surface area contributed by atoms with E-state index >= 15 is 0 Å². The fraction of sp³-hybridized carbons (Fsp3) is 0.286. The minimum absolute atomic E-state index is 0.293. The molecule has 8 nitrogen and oxygen atoms in total. The van der Waals surface area contributed by atoms with Gasteiger partial charge in [-0.05, 0) is 57.0 Å². The van der Waals surface area contributed by atoms with E-state index in [9.17, 15) is 10.1 Å². The molecule has 0 saturated heterocycles. The first-order valence-corrected chi connectivity index (χ1v) is 10.6. The van der Waals surface area contributed by atoms with E-state index in [1.807, 2.05) is 33.0 Å². The normalized spacial score (nSPS) is 11.1. The highest BCUT2D eigenvalue weighted by molar-refractivity contribution is 7.99. The molecule has 1 aromatic carbocycles. The van der Waals surface area contributed by atoms with Gasteiger partial charge in [0, 0.05) is 22.5 Å². The number of alkyl carbamates (subject to hydrolysis) is 1. The number of carbonyl (C=O) groups is 1. The van der Waals surface area contributed by atoms with Gasteiger partial charge in [0.1, 0.15) is 5.60 Å². The molecular formula is C21H21ClN6O2S. The quantitative estimate of drug-likeness (QED) is 0.585. The lowest BCUT2D eigenvalue weighted by Crippen LogP contribution is -2.33. The molecule has 0 fully saturated rings. The summed E-state index contributed by atoms with van der Waals surface area (Å²) in [5.74, 6) is 0. The molecule has 0 radical (unpaired) electrons. The molecule has 0 aliphatic carbocycles. The maximum atomic E-state index is 11.8. The molecule has 0 aliphatic heterocycles. The van der Waals surface area contributed by atoms with E-state index < -0.39 is 11.7 Å². The van der Waals surface area contributed by atoms with Crippen molar-refractivity contribution < 1.29 is 9.53 Å². The third-order valence-electron chi connectivity index (χ3n) is 3.88. The molecule has 2 aromatic heterocycles. The van der Waals surface area contributed by atoms with Gasteiger partial charge in [0.15, 0.2) is 5.15 Å². The minimum Gasteiger partial charge on any atom is -0.444 e. The van der Waals surface area contributed by atoms with Crippen LogP contribution < -0.4 is 5.32 Å². The molecule has 31 heavy (non-hydrogen) atoms. The van der Waals surface area contributed by atoms with Crippen LogP contribution in [0.3, 0.4) is 0 Å². The number of amides is 1. The average molecular weight is 457 g/mol. The second-order valence-electron chi connectivity index (χ2n) is 7.58. The van der Waals surface area contributed by atoms with Gasteiger partial charge in [0.05, 0.1) is 29.7 Å². The van der Waals surface area contributed by atoms with Gasteiger partial charge in [0.25, 0.3) is 0 Å². The van der Waals surface area contributed by atoms with Gasteiger partial charge in [-0.3, -0.25) is 0 Å². The Bertz CT molecular complexity index is 1120. The molecule has 0 saturated carbocycles. The van der Waals surface area contributed by atoms with Gasteiger partial charge in [-0.25, -0.2) is 9.48 Å². The number of hydrogen-bond donors (Lipinski definition) is 1. The Balaban J connectivity index is 1.73. The van der Waals surface area contributed by atoms with Crippen LogP contribution in [0.25, 0.3) is 5.69 Å². The standard InChI is InChI=1S/C21H21ClN6O2S/c1-21(2,3)30-20(29)24-7-6-15-11-26-28(13-15)17-5-4-14(10-23)8-18(17)31-16-9-19(22)27-25-12-16/h4-5,8-9,11-13H,6-7H2,1-3H3,(H,24,29). The molecule has 1 amide bonds. The lowest BCUT2D eigenvalue weighted by Gasteiger charge is -2.19. The average Bonchev–Trinajstić information content (AvgIpc) is 3.15. The van der Waals surface area contributed by atoms with Crippen LogP contribution in [0.1, 0.15) is 31.9 Å². The Morgan fingerprint density at radius 3 is 2.84 bits per heavy atom. The van der Waals surface area contributed by atoms with E-state index in [2.05, 4.69) is 26.7 Å². The maximum Gasteiger partial charge on any atom is 0.407 e. The zero-order chi connectivity index (χ0) is 22.4. The molecule has 1 N–H and O–H groups in total. The first-order valence-electron chi connectivity index (χ1n) is 9.44. The summed E-state index contributed by atoms with van der Waals surface area (Å²) in [5.41, 5.74) is 1.76. The van der Waals surface area contributed by atoms with Gasteiger partial charge in [-0.2, -0.15) is 15.5 Å². The Morgan fingerprint density at radius 1 is 1.32 bits per heavy atom. The van der Waals surface area contributed by atoms with Crippen LogP contribution in [0.4, 0.5) is 4.79 Å². The van der Waals surface area contributed by atoms with Crippen LogP contribution >= 0.6 is 23.4 Å². The third-order valence-corrected chi connectivity index (χ3v) is 5.07. The first-order chi connectivity index (χ1) is 14.7. The Labute approximate surface area is 189 Å². The van der Waals surface area contributed by atoms with Gasteiger partial charge in [-0.15, -0.1) is 5.10 Å². The third kappa shape index (κ3) is 6.70. The molecule has 0 aliphatic rings. The fourth-order valence-corrected chi connectivity index (χ4v) is 3.81. The summed E-state index contributed by atoms with van der Waals surface area (Å²) in [6.07, 6.45) is 5.39. The number of halogens is 1. The first kappa shape index (κ1) is 22.6. The van der Waals surface area contributed by atoms with Crippen LogP contribution in [0.5, 0.6) is 0 Å². The molecule has 3 rings (SSSR count). The monoisotopic (exact) mass is 456 g/mol. The summed E-state index contributed by atoms with van der Waals surface area (Å²) in [6, 6.07) is 9.23. The zero-order valence-corrected chi connectivity index (χ0v) is 18.9. The van der Waals surface area contributed by atoms with Crippen molar-refractivity contribution in [3.05, 3.63) is 59.1 Å². The maximum absolute atomic E-state index is 11.8. The number of rotatable bonds is 6. The van der Waals surface area contributed by atoms with Gasteiger partial charge in [0.2, 0.25) is 0 Å². The molecule has 0 spiro atoms. The lowest BCUT2D eigenvalue weighted by molar-refractivity contribution is 0.0528. The number of nitrogens with one attached hydrogen (secondary N) is 1. The van der Waals surface area contributed by atoms with Gasteiger partial charge >= 0.3 is 6.09 Å². The number of carbonyl (C=O) groups excluding carboxylic acids is 1. The smallest absolute Gasteiger partial charge is 0.407 e. The second-order valence-corrected chi connectivity index (χ2v) is 9.08. The Kier molecular flexibility index (Phi) is 7.15. The fourth-order valence-electron chi connectivity index (χ4n) is 2.61. The van der Waals surface area contributed by atoms with Crippen LogP contribution in [-0.2, 0) is 11.2 Å². The van der Waals surface area contributed by atoms with E-state index in [0.717, 1.165) is 21.0 Å². The number of nitriles is 1. The summed E-state index contributed by atoms with van der Waals surface area (Å²) in [5, 5.41) is 24.4. The van der Waals surface area contributed by atoms with Crippen molar-refractivity contribution in [3.63, 3.8) is 0 Å². The van der Waals surface area contributed by atoms with Crippen molar-refractivity contribution in [3.8, 4) is 11.8 Å². The van der Waals surface area contributed by atoms with Crippen molar-refractivity contribution in [2.75, 3.05) is 6.54 Å². The topological polar surface area (TPSA) is 106 Å². The molecular weight excluding hydrogens is 436 g/mol. The molecule has 3 aromatic rings. The molecule has 0 unspecified atom stereocenters. The van der Waals surface area contributed by atoms with Crippen LogP contribution in [0.2, 0.25) is 5.15 Å². The molecule has 0 bridgehead atoms. The van der Waals surface area contributed by atoms with E-state index in [-0.39, 0.29) is 0 Å². The van der Waals surface area contributed by atoms with Crippen molar-refractivity contribution in [1.82, 2.24) is 25.3 Å². The van der Waals surface area contributed by atoms with Gasteiger partial charge in [-0.1, -0.05) is 23.4 Å². The number of nitrogens with zero attached hydrogens (tertiary/aromatic N) is 5. The van der Waals surface area contributed by atoms with Crippen molar-refractivity contribution in [1.29, 1.82) is 5.26 Å². The highest BCUT2D eigenvalue weighted by Crippen LogP contribution is 2.33. The van der Waals surface area contributed by atoms with E-state index in [1.54, 1.807) is 35.3 Å². The van der Waals surface area contributed by atoms with Gasteiger partial charge < -0.3 is 10.1 Å². The lowest BCUT2D eigenvalue weighted by atomic mass is 10.2. The number of ether oxygens (including phenoxy) is 1. The zero-order valence-electron chi connectivity index (χ0n) is 17.3. The van der Waals surface area contributed by atoms with Crippen LogP contribution in [-0.4, -0.2) is 38.2 Å². The van der Waals surface area contributed by atoms with Crippen molar-refractivity contribution >= 4 is 29.5 Å². The number of hydrogen-bond acceptors (Lipinski definition) is 7. The Morgan fingerprint density at radius 2 is 2.13 bits per heavy atom. The largest absolute Gasteiger partial charge is 0.444 e. The highest BCUT2D eigenvalue weighted by Gasteiger charge is 2.16. The molecule has 160 valence electrons. The molecule has 0 atom stereocenters. The molecule has 10 heteroatoms. The number of benzene rings is 1.